The quantitative estimate of drug-likeness (QED) is 0.362. The number of ketones is 1. The molecule has 1 atom stereocenters. The van der Waals surface area contributed by atoms with Gasteiger partial charge in [-0.1, -0.05) is 26.0 Å². The molecule has 8 nitrogen and oxygen atoms in total. The predicted octanol–water partition coefficient (Wildman–Crippen LogP) is 3.29. The number of carbonyl (C=O) groups excluding carboxylic acids is 1. The molecule has 0 aliphatic carbocycles. The first kappa shape index (κ1) is 25.7. The zero-order valence-electron chi connectivity index (χ0n) is 20.2. The van der Waals surface area contributed by atoms with Crippen LogP contribution < -0.4 is 21.3 Å². The van der Waals surface area contributed by atoms with Crippen molar-refractivity contribution >= 4 is 17.6 Å². The number of nitrogen functional groups attached to an aromatic ring is 1. The van der Waals surface area contributed by atoms with Crippen LogP contribution in [0.15, 0.2) is 65.5 Å². The maximum Gasteiger partial charge on any atom is 0.320 e. The van der Waals surface area contributed by atoms with Gasteiger partial charge >= 0.3 is 5.97 Å². The number of aliphatic carboxylic acids is 1. The Morgan fingerprint density at radius 1 is 1.03 bits per heavy atom. The van der Waals surface area contributed by atoms with Crippen LogP contribution in [0.5, 0.6) is 5.75 Å². The van der Waals surface area contributed by atoms with E-state index in [0.29, 0.717) is 36.4 Å². The van der Waals surface area contributed by atoms with Crippen LogP contribution in [0, 0.1) is 5.92 Å². The molecule has 0 fully saturated rings. The van der Waals surface area contributed by atoms with Gasteiger partial charge in [0.2, 0.25) is 0 Å². The zero-order chi connectivity index (χ0) is 25.5. The Balaban J connectivity index is 1.77. The van der Waals surface area contributed by atoms with E-state index in [2.05, 4.69) is 5.32 Å². The van der Waals surface area contributed by atoms with Gasteiger partial charge in [-0.15, -0.1) is 0 Å². The summed E-state index contributed by atoms with van der Waals surface area (Å²) in [6.07, 6.45) is 1.19. The minimum atomic E-state index is -0.854. The van der Waals surface area contributed by atoms with Crippen LogP contribution in [0.3, 0.4) is 0 Å². The standard InChI is InChI=1S/C27H31N3O5/c1-17(2)16-23(27(33)34)29-15-14-18-4-8-20(9-5-18)30-24(31)13-12-22(26(30)28)25(32)19-6-10-21(35-3)11-7-19/h4-13,17,23,29H,14-16,28H2,1-3H3,(H,33,34)/t23-/m0/s1. The number of nitrogens with two attached hydrogens (primary N) is 1. The zero-order valence-corrected chi connectivity index (χ0v) is 20.2. The third-order valence-electron chi connectivity index (χ3n) is 5.73. The van der Waals surface area contributed by atoms with Gasteiger partial charge in [0, 0.05) is 11.6 Å². The topological polar surface area (TPSA) is 124 Å². The minimum absolute atomic E-state index is 0.0609. The molecule has 35 heavy (non-hydrogen) atoms. The second-order valence-corrected chi connectivity index (χ2v) is 8.75. The molecule has 0 saturated carbocycles. The van der Waals surface area contributed by atoms with Crippen LogP contribution in [-0.2, 0) is 11.2 Å². The highest BCUT2D eigenvalue weighted by molar-refractivity contribution is 6.11. The summed E-state index contributed by atoms with van der Waals surface area (Å²) < 4.78 is 6.44. The Labute approximate surface area is 204 Å². The van der Waals surface area contributed by atoms with Crippen LogP contribution in [0.25, 0.3) is 5.69 Å². The van der Waals surface area contributed by atoms with Crippen molar-refractivity contribution in [2.45, 2.75) is 32.7 Å². The largest absolute Gasteiger partial charge is 0.497 e. The summed E-state index contributed by atoms with van der Waals surface area (Å²) in [6, 6.07) is 16.1. The molecule has 0 amide bonds. The van der Waals surface area contributed by atoms with Gasteiger partial charge in [-0.05, 0) is 73.3 Å². The fourth-order valence-corrected chi connectivity index (χ4v) is 3.86. The van der Waals surface area contributed by atoms with Gasteiger partial charge in [-0.3, -0.25) is 19.0 Å². The maximum absolute atomic E-state index is 13.0. The maximum atomic E-state index is 13.0. The minimum Gasteiger partial charge on any atom is -0.497 e. The summed E-state index contributed by atoms with van der Waals surface area (Å²) in [6.45, 7) is 4.49. The number of carbonyl (C=O) groups is 2. The van der Waals surface area contributed by atoms with E-state index in [9.17, 15) is 19.5 Å². The number of nitrogens with zero attached hydrogens (tertiary/aromatic N) is 1. The Bertz CT molecular complexity index is 1230. The lowest BCUT2D eigenvalue weighted by Crippen LogP contribution is -2.38. The van der Waals surface area contributed by atoms with Gasteiger partial charge in [0.05, 0.1) is 18.4 Å². The molecule has 3 aromatic rings. The first-order valence-electron chi connectivity index (χ1n) is 11.5. The number of anilines is 1. The monoisotopic (exact) mass is 477 g/mol. The number of nitrogens with one attached hydrogen (secondary N) is 1. The van der Waals surface area contributed by atoms with Crippen LogP contribution in [0.1, 0.15) is 41.8 Å². The van der Waals surface area contributed by atoms with E-state index < -0.39 is 12.0 Å². The number of methoxy groups -OCH3 is 1. The van der Waals surface area contributed by atoms with Gasteiger partial charge in [-0.25, -0.2) is 0 Å². The van der Waals surface area contributed by atoms with Crippen molar-refractivity contribution in [2.75, 3.05) is 19.4 Å². The molecule has 0 radical (unpaired) electrons. The first-order chi connectivity index (χ1) is 16.7. The average Bonchev–Trinajstić information content (AvgIpc) is 2.84. The SMILES string of the molecule is COc1ccc(C(=O)c2ccc(=O)n(-c3ccc(CCN[C@@H](CC(C)C)C(=O)O)cc3)c2N)cc1. The van der Waals surface area contributed by atoms with Crippen LogP contribution >= 0.6 is 0 Å². The van der Waals surface area contributed by atoms with Gasteiger partial charge in [0.15, 0.2) is 5.78 Å². The number of rotatable bonds is 11. The number of hydrogen-bond acceptors (Lipinski definition) is 6. The molecule has 8 heteroatoms. The van der Waals surface area contributed by atoms with E-state index in [1.165, 1.54) is 16.7 Å². The van der Waals surface area contributed by atoms with Crippen molar-refractivity contribution in [1.29, 1.82) is 0 Å². The summed E-state index contributed by atoms with van der Waals surface area (Å²) in [5.41, 5.74) is 8.12. The summed E-state index contributed by atoms with van der Waals surface area (Å²) in [5, 5.41) is 12.4. The van der Waals surface area contributed by atoms with E-state index >= 15 is 0 Å². The average molecular weight is 478 g/mol. The van der Waals surface area contributed by atoms with Gasteiger partial charge in [0.1, 0.15) is 17.6 Å². The fourth-order valence-electron chi connectivity index (χ4n) is 3.86. The highest BCUT2D eigenvalue weighted by Crippen LogP contribution is 2.21. The lowest BCUT2D eigenvalue weighted by atomic mass is 10.0. The molecule has 184 valence electrons. The Morgan fingerprint density at radius 3 is 2.26 bits per heavy atom. The van der Waals surface area contributed by atoms with E-state index in [-0.39, 0.29) is 28.6 Å². The molecule has 2 aromatic carbocycles. The van der Waals surface area contributed by atoms with Crippen LogP contribution in [0.4, 0.5) is 5.82 Å². The van der Waals surface area contributed by atoms with Crippen molar-refractivity contribution in [3.63, 3.8) is 0 Å². The van der Waals surface area contributed by atoms with Crippen molar-refractivity contribution in [3.05, 3.63) is 87.7 Å². The third-order valence-corrected chi connectivity index (χ3v) is 5.73. The van der Waals surface area contributed by atoms with E-state index in [1.54, 1.807) is 43.5 Å². The van der Waals surface area contributed by atoms with Crippen LogP contribution in [0.2, 0.25) is 0 Å². The smallest absolute Gasteiger partial charge is 0.320 e. The number of hydrogen-bond donors (Lipinski definition) is 3. The fraction of sp³-hybridized carbons (Fsp3) is 0.296. The second kappa shape index (κ2) is 11.5. The molecular weight excluding hydrogens is 446 g/mol. The molecule has 0 unspecified atom stereocenters. The number of carboxylic acids is 1. The summed E-state index contributed by atoms with van der Waals surface area (Å²) in [4.78, 5) is 37.0. The highest BCUT2D eigenvalue weighted by atomic mass is 16.5. The molecule has 0 bridgehead atoms. The summed E-state index contributed by atoms with van der Waals surface area (Å²) >= 11 is 0. The third kappa shape index (κ3) is 6.36. The lowest BCUT2D eigenvalue weighted by Gasteiger charge is -2.16. The Morgan fingerprint density at radius 2 is 1.69 bits per heavy atom. The van der Waals surface area contributed by atoms with E-state index in [1.807, 2.05) is 26.0 Å². The lowest BCUT2D eigenvalue weighted by molar-refractivity contribution is -0.139. The highest BCUT2D eigenvalue weighted by Gasteiger charge is 2.18. The number of benzene rings is 2. The predicted molar refractivity (Wildman–Crippen MR) is 135 cm³/mol. The number of aromatic nitrogens is 1. The van der Waals surface area contributed by atoms with Crippen LogP contribution in [-0.4, -0.2) is 41.1 Å². The van der Waals surface area contributed by atoms with Gasteiger partial charge in [-0.2, -0.15) is 0 Å². The van der Waals surface area contributed by atoms with Crippen molar-refractivity contribution in [2.24, 2.45) is 5.92 Å². The molecule has 1 aromatic heterocycles. The summed E-state index contributed by atoms with van der Waals surface area (Å²) in [5.74, 6) is -0.179. The molecule has 4 N–H and O–H groups in total. The van der Waals surface area contributed by atoms with E-state index in [4.69, 9.17) is 10.5 Å². The first-order valence-corrected chi connectivity index (χ1v) is 11.5. The number of carboxylic acid groups (broad SMARTS) is 1. The normalized spacial score (nSPS) is 11.9. The molecule has 1 heterocycles. The molecule has 3 rings (SSSR count). The molecular formula is C27H31N3O5. The van der Waals surface area contributed by atoms with Crippen molar-refractivity contribution in [1.82, 2.24) is 9.88 Å². The molecule has 0 spiro atoms. The molecule has 0 aliphatic rings. The second-order valence-electron chi connectivity index (χ2n) is 8.75. The van der Waals surface area contributed by atoms with Gasteiger partial charge < -0.3 is 20.9 Å². The van der Waals surface area contributed by atoms with Gasteiger partial charge in [0.25, 0.3) is 5.56 Å². The number of pyridine rings is 1. The summed E-state index contributed by atoms with van der Waals surface area (Å²) in [7, 11) is 1.55. The number of ether oxygens (including phenoxy) is 1. The molecule has 0 saturated heterocycles. The van der Waals surface area contributed by atoms with Crippen molar-refractivity contribution in [3.8, 4) is 11.4 Å². The van der Waals surface area contributed by atoms with Crippen molar-refractivity contribution < 1.29 is 19.4 Å². The van der Waals surface area contributed by atoms with E-state index in [0.717, 1.165) is 5.56 Å². The Kier molecular flexibility index (Phi) is 8.43. The Hall–Kier alpha value is -3.91. The molecule has 0 aliphatic heterocycles.